The monoisotopic (exact) mass is 388 g/mol. The number of anilines is 4. The summed E-state index contributed by atoms with van der Waals surface area (Å²) in [6.07, 6.45) is 1.66. The number of amides is 1. The summed E-state index contributed by atoms with van der Waals surface area (Å²) >= 11 is 0. The van der Waals surface area contributed by atoms with Crippen LogP contribution in [0.5, 0.6) is 0 Å². The smallest absolute Gasteiger partial charge is 0.255 e. The Balaban J connectivity index is 1.44. The fourth-order valence-corrected chi connectivity index (χ4v) is 3.33. The maximum atomic E-state index is 12.4. The van der Waals surface area contributed by atoms with E-state index >= 15 is 0 Å². The maximum absolute atomic E-state index is 12.4. The van der Waals surface area contributed by atoms with Gasteiger partial charge in [0.25, 0.3) is 5.91 Å². The van der Waals surface area contributed by atoms with E-state index < -0.39 is 0 Å². The summed E-state index contributed by atoms with van der Waals surface area (Å²) in [6.45, 7) is 5.18. The predicted molar refractivity (Wildman–Crippen MR) is 116 cm³/mol. The van der Waals surface area contributed by atoms with Gasteiger partial charge in [-0.25, -0.2) is 4.98 Å². The Morgan fingerprint density at radius 1 is 1.03 bits per heavy atom. The van der Waals surface area contributed by atoms with Crippen molar-refractivity contribution in [1.29, 1.82) is 0 Å². The maximum Gasteiger partial charge on any atom is 0.255 e. The topological polar surface area (TPSA) is 66.5 Å². The highest BCUT2D eigenvalue weighted by Crippen LogP contribution is 2.29. The van der Waals surface area contributed by atoms with Crippen LogP contribution in [0.25, 0.3) is 0 Å². The molecule has 2 heterocycles. The molecule has 1 aromatic heterocycles. The predicted octanol–water partition coefficient (Wildman–Crippen LogP) is 4.22. The van der Waals surface area contributed by atoms with E-state index in [-0.39, 0.29) is 5.91 Å². The van der Waals surface area contributed by atoms with Crippen molar-refractivity contribution in [2.45, 2.75) is 6.92 Å². The summed E-state index contributed by atoms with van der Waals surface area (Å²) in [6, 6.07) is 19.4. The molecule has 29 heavy (non-hydrogen) atoms. The van der Waals surface area contributed by atoms with Crippen molar-refractivity contribution in [1.82, 2.24) is 4.98 Å². The zero-order valence-corrected chi connectivity index (χ0v) is 16.4. The number of nitrogens with one attached hydrogen (secondary N) is 2. The molecular formula is C23H24N4O2. The van der Waals surface area contributed by atoms with Gasteiger partial charge in [-0.15, -0.1) is 0 Å². The number of benzene rings is 2. The first-order valence-electron chi connectivity index (χ1n) is 9.72. The minimum Gasteiger partial charge on any atom is -0.378 e. The van der Waals surface area contributed by atoms with Crippen LogP contribution in [-0.2, 0) is 4.74 Å². The number of aromatic nitrogens is 1. The number of hydrogen-bond donors (Lipinski definition) is 2. The van der Waals surface area contributed by atoms with Crippen molar-refractivity contribution < 1.29 is 9.53 Å². The van der Waals surface area contributed by atoms with Crippen molar-refractivity contribution in [2.75, 3.05) is 41.8 Å². The molecule has 148 valence electrons. The highest BCUT2D eigenvalue weighted by Gasteiger charge is 2.14. The molecule has 0 bridgehead atoms. The van der Waals surface area contributed by atoms with Gasteiger partial charge >= 0.3 is 0 Å². The van der Waals surface area contributed by atoms with Gasteiger partial charge in [-0.2, -0.15) is 0 Å². The standard InChI is InChI=1S/C23H24N4O2/c1-17-5-4-6-18(15-17)23(28)25-19-9-10-22(24-16-19)26-20-7-2-3-8-21(20)27-11-13-29-14-12-27/h2-10,15-16H,11-14H2,1H3,(H,24,26)(H,25,28). The number of hydrogen-bond acceptors (Lipinski definition) is 5. The molecule has 6 heteroatoms. The van der Waals surface area contributed by atoms with E-state index in [2.05, 4.69) is 26.6 Å². The summed E-state index contributed by atoms with van der Waals surface area (Å²) < 4.78 is 5.45. The lowest BCUT2D eigenvalue weighted by molar-refractivity contribution is 0.102. The molecule has 0 saturated carbocycles. The third-order valence-electron chi connectivity index (χ3n) is 4.82. The van der Waals surface area contributed by atoms with Gasteiger partial charge in [-0.05, 0) is 43.3 Å². The summed E-state index contributed by atoms with van der Waals surface area (Å²) in [5.74, 6) is 0.577. The minimum atomic E-state index is -0.145. The number of morpholine rings is 1. The molecule has 6 nitrogen and oxygen atoms in total. The fraction of sp³-hybridized carbons (Fsp3) is 0.217. The van der Waals surface area contributed by atoms with Crippen LogP contribution < -0.4 is 15.5 Å². The summed E-state index contributed by atoms with van der Waals surface area (Å²) in [5.41, 5.74) is 4.47. The van der Waals surface area contributed by atoms with Gasteiger partial charge in [0.2, 0.25) is 0 Å². The van der Waals surface area contributed by atoms with Crippen molar-refractivity contribution in [3.8, 4) is 0 Å². The van der Waals surface area contributed by atoms with E-state index in [4.69, 9.17) is 4.74 Å². The molecule has 0 atom stereocenters. The summed E-state index contributed by atoms with van der Waals surface area (Å²) in [5, 5.41) is 6.27. The van der Waals surface area contributed by atoms with Gasteiger partial charge in [0, 0.05) is 18.7 Å². The van der Waals surface area contributed by atoms with Gasteiger partial charge in [-0.1, -0.05) is 29.8 Å². The van der Waals surface area contributed by atoms with Crippen molar-refractivity contribution in [3.05, 3.63) is 78.0 Å². The molecule has 0 spiro atoms. The first-order chi connectivity index (χ1) is 14.2. The lowest BCUT2D eigenvalue weighted by Crippen LogP contribution is -2.36. The highest BCUT2D eigenvalue weighted by atomic mass is 16.5. The second-order valence-electron chi connectivity index (χ2n) is 7.00. The van der Waals surface area contributed by atoms with Crippen molar-refractivity contribution in [2.24, 2.45) is 0 Å². The Kier molecular flexibility index (Phi) is 5.72. The molecular weight excluding hydrogens is 364 g/mol. The number of para-hydroxylation sites is 2. The van der Waals surface area contributed by atoms with Gasteiger partial charge in [0.05, 0.1) is 36.5 Å². The van der Waals surface area contributed by atoms with E-state index in [9.17, 15) is 4.79 Å². The molecule has 0 radical (unpaired) electrons. The Morgan fingerprint density at radius 3 is 2.62 bits per heavy atom. The van der Waals surface area contributed by atoms with Crippen LogP contribution in [0.4, 0.5) is 22.9 Å². The molecule has 2 aromatic carbocycles. The molecule has 4 rings (SSSR count). The normalized spacial score (nSPS) is 13.8. The van der Waals surface area contributed by atoms with Crippen molar-refractivity contribution >= 4 is 28.8 Å². The Hall–Kier alpha value is -3.38. The van der Waals surface area contributed by atoms with E-state index in [1.54, 1.807) is 12.3 Å². The Bertz CT molecular complexity index is 982. The zero-order valence-electron chi connectivity index (χ0n) is 16.4. The number of aryl methyl sites for hydroxylation is 1. The molecule has 1 amide bonds. The van der Waals surface area contributed by atoms with Crippen LogP contribution in [0.1, 0.15) is 15.9 Å². The lowest BCUT2D eigenvalue weighted by atomic mass is 10.1. The SMILES string of the molecule is Cc1cccc(C(=O)Nc2ccc(Nc3ccccc3N3CCOCC3)nc2)c1. The first kappa shape index (κ1) is 19.0. The molecule has 1 aliphatic rings. The van der Waals surface area contributed by atoms with Gasteiger partial charge < -0.3 is 20.3 Å². The molecule has 0 unspecified atom stereocenters. The van der Waals surface area contributed by atoms with Crippen LogP contribution in [0.3, 0.4) is 0 Å². The molecule has 3 aromatic rings. The molecule has 1 aliphatic heterocycles. The number of carbonyl (C=O) groups is 1. The quantitative estimate of drug-likeness (QED) is 0.685. The third-order valence-corrected chi connectivity index (χ3v) is 4.82. The molecule has 1 fully saturated rings. The Labute approximate surface area is 170 Å². The molecule has 1 saturated heterocycles. The summed E-state index contributed by atoms with van der Waals surface area (Å²) in [7, 11) is 0. The van der Waals surface area contributed by atoms with E-state index in [0.717, 1.165) is 49.1 Å². The van der Waals surface area contributed by atoms with E-state index in [1.165, 1.54) is 0 Å². The fourth-order valence-electron chi connectivity index (χ4n) is 3.33. The number of pyridine rings is 1. The van der Waals surface area contributed by atoms with Crippen molar-refractivity contribution in [3.63, 3.8) is 0 Å². The summed E-state index contributed by atoms with van der Waals surface area (Å²) in [4.78, 5) is 19.2. The van der Waals surface area contributed by atoms with Crippen LogP contribution in [0.2, 0.25) is 0 Å². The highest BCUT2D eigenvalue weighted by molar-refractivity contribution is 6.04. The second-order valence-corrected chi connectivity index (χ2v) is 7.00. The van der Waals surface area contributed by atoms with E-state index in [0.29, 0.717) is 11.3 Å². The second kappa shape index (κ2) is 8.75. The number of nitrogens with zero attached hydrogens (tertiary/aromatic N) is 2. The van der Waals surface area contributed by atoms with Crippen LogP contribution in [0, 0.1) is 6.92 Å². The van der Waals surface area contributed by atoms with Crippen LogP contribution >= 0.6 is 0 Å². The lowest BCUT2D eigenvalue weighted by Gasteiger charge is -2.30. The van der Waals surface area contributed by atoms with Gasteiger partial charge in [0.15, 0.2) is 0 Å². The molecule has 0 aliphatic carbocycles. The zero-order chi connectivity index (χ0) is 20.1. The minimum absolute atomic E-state index is 0.145. The average Bonchev–Trinajstić information content (AvgIpc) is 2.76. The van der Waals surface area contributed by atoms with Crippen LogP contribution in [0.15, 0.2) is 66.9 Å². The first-order valence-corrected chi connectivity index (χ1v) is 9.72. The Morgan fingerprint density at radius 2 is 1.86 bits per heavy atom. The van der Waals surface area contributed by atoms with Crippen LogP contribution in [-0.4, -0.2) is 37.2 Å². The largest absolute Gasteiger partial charge is 0.378 e. The number of ether oxygens (including phenoxy) is 1. The van der Waals surface area contributed by atoms with E-state index in [1.807, 2.05) is 55.5 Å². The number of rotatable bonds is 5. The van der Waals surface area contributed by atoms with Gasteiger partial charge in [0.1, 0.15) is 5.82 Å². The van der Waals surface area contributed by atoms with Gasteiger partial charge in [-0.3, -0.25) is 4.79 Å². The number of carbonyl (C=O) groups excluding carboxylic acids is 1. The third kappa shape index (κ3) is 4.73. The average molecular weight is 388 g/mol. The molecule has 2 N–H and O–H groups in total.